The van der Waals surface area contributed by atoms with Crippen molar-refractivity contribution in [1.82, 2.24) is 4.57 Å². The molecule has 2 aromatic rings. The van der Waals surface area contributed by atoms with Crippen LogP contribution in [0.3, 0.4) is 0 Å². The molecule has 0 bridgehead atoms. The minimum absolute atomic E-state index is 0.0240. The fraction of sp³-hybridized carbons (Fsp3) is 0.484. The van der Waals surface area contributed by atoms with Crippen molar-refractivity contribution < 1.29 is 18.7 Å². The second kappa shape index (κ2) is 20.0. The number of halogens is 1. The number of carbonyl (C=O) groups excluding carboxylic acids is 1. The van der Waals surface area contributed by atoms with E-state index in [2.05, 4.69) is 32.1 Å². The SMILES string of the molecule is C=C(/C=C(\C)c1cc(=O)c(C(=O)OC)cn1CCC)c1c(F)cccc1OCC.CC.CC.CC(C)C. The predicted molar refractivity (Wildman–Crippen MR) is 156 cm³/mol. The van der Waals surface area contributed by atoms with E-state index in [1.165, 1.54) is 25.4 Å². The number of methoxy groups -OCH3 is 1. The highest BCUT2D eigenvalue weighted by Gasteiger charge is 2.16. The smallest absolute Gasteiger partial charge is 0.343 e. The maximum Gasteiger partial charge on any atom is 0.343 e. The Balaban J connectivity index is 0. The predicted octanol–water partition coefficient (Wildman–Crippen LogP) is 8.41. The Kier molecular flexibility index (Phi) is 19.4. The lowest BCUT2D eigenvalue weighted by Crippen LogP contribution is -2.21. The number of aryl methyl sites for hydroxylation is 1. The molecule has 208 valence electrons. The molecule has 0 saturated heterocycles. The van der Waals surface area contributed by atoms with Crippen molar-refractivity contribution in [1.29, 1.82) is 0 Å². The Morgan fingerprint density at radius 2 is 1.70 bits per heavy atom. The van der Waals surface area contributed by atoms with Gasteiger partial charge in [-0.3, -0.25) is 4.79 Å². The number of benzene rings is 1. The van der Waals surface area contributed by atoms with E-state index in [9.17, 15) is 14.0 Å². The molecule has 1 aromatic heterocycles. The lowest BCUT2D eigenvalue weighted by Gasteiger charge is -2.16. The highest BCUT2D eigenvalue weighted by molar-refractivity contribution is 5.89. The van der Waals surface area contributed by atoms with E-state index in [0.29, 0.717) is 35.7 Å². The molecule has 0 fully saturated rings. The molecule has 1 heterocycles. The van der Waals surface area contributed by atoms with Crippen LogP contribution in [0.1, 0.15) is 97.3 Å². The van der Waals surface area contributed by atoms with Crippen LogP contribution in [0.25, 0.3) is 11.1 Å². The van der Waals surface area contributed by atoms with Crippen LogP contribution >= 0.6 is 0 Å². The number of carbonyl (C=O) groups is 1. The number of ether oxygens (including phenoxy) is 2. The van der Waals surface area contributed by atoms with Crippen molar-refractivity contribution >= 4 is 17.1 Å². The summed E-state index contributed by atoms with van der Waals surface area (Å²) in [7, 11) is 1.24. The number of allylic oxidation sites excluding steroid dienone is 3. The molecule has 6 heteroatoms. The number of pyridine rings is 1. The zero-order chi connectivity index (χ0) is 29.1. The van der Waals surface area contributed by atoms with Gasteiger partial charge in [-0.25, -0.2) is 9.18 Å². The van der Waals surface area contributed by atoms with Gasteiger partial charge < -0.3 is 14.0 Å². The first-order valence-electron chi connectivity index (χ1n) is 13.2. The number of nitrogens with zero attached hydrogens (tertiary/aromatic N) is 1. The van der Waals surface area contributed by atoms with Crippen molar-refractivity contribution in [3.05, 3.63) is 76.0 Å². The van der Waals surface area contributed by atoms with Crippen LogP contribution in [0.4, 0.5) is 4.39 Å². The highest BCUT2D eigenvalue weighted by Crippen LogP contribution is 2.30. The summed E-state index contributed by atoms with van der Waals surface area (Å²) in [6, 6.07) is 6.02. The third-order valence-corrected chi connectivity index (χ3v) is 4.39. The molecule has 0 radical (unpaired) electrons. The van der Waals surface area contributed by atoms with Crippen molar-refractivity contribution in [2.24, 2.45) is 5.92 Å². The fourth-order valence-electron chi connectivity index (χ4n) is 3.10. The molecule has 0 amide bonds. The van der Waals surface area contributed by atoms with E-state index in [1.54, 1.807) is 18.2 Å². The molecule has 0 spiro atoms. The third-order valence-electron chi connectivity index (χ3n) is 4.39. The van der Waals surface area contributed by atoms with Gasteiger partial charge in [-0.2, -0.15) is 0 Å². The fourth-order valence-corrected chi connectivity index (χ4v) is 3.10. The normalized spacial score (nSPS) is 10.1. The molecule has 0 atom stereocenters. The maximum absolute atomic E-state index is 14.4. The van der Waals surface area contributed by atoms with Gasteiger partial charge in [0.15, 0.2) is 5.43 Å². The van der Waals surface area contributed by atoms with Crippen LogP contribution < -0.4 is 10.2 Å². The minimum Gasteiger partial charge on any atom is -0.493 e. The summed E-state index contributed by atoms with van der Waals surface area (Å²) in [6.07, 6.45) is 4.01. The first-order valence-corrected chi connectivity index (χ1v) is 13.2. The summed E-state index contributed by atoms with van der Waals surface area (Å²) in [6.45, 7) is 25.1. The summed E-state index contributed by atoms with van der Waals surface area (Å²) in [5.74, 6) is 0.135. The zero-order valence-corrected chi connectivity index (χ0v) is 24.8. The summed E-state index contributed by atoms with van der Waals surface area (Å²) in [5.41, 5.74) is 1.59. The molecule has 0 aliphatic rings. The number of aromatic nitrogens is 1. The van der Waals surface area contributed by atoms with Crippen molar-refractivity contribution in [3.8, 4) is 5.75 Å². The molecule has 2 rings (SSSR count). The van der Waals surface area contributed by atoms with Gasteiger partial charge in [-0.15, -0.1) is 0 Å². The monoisotopic (exact) mass is 517 g/mol. The van der Waals surface area contributed by atoms with Crippen LogP contribution in [0, 0.1) is 11.7 Å². The lowest BCUT2D eigenvalue weighted by atomic mass is 10.0. The van der Waals surface area contributed by atoms with Gasteiger partial charge in [0.25, 0.3) is 0 Å². The Morgan fingerprint density at radius 1 is 1.14 bits per heavy atom. The summed E-state index contributed by atoms with van der Waals surface area (Å²) >= 11 is 0. The molecular weight excluding hydrogens is 469 g/mol. The van der Waals surface area contributed by atoms with Crippen molar-refractivity contribution in [2.75, 3.05) is 13.7 Å². The van der Waals surface area contributed by atoms with E-state index >= 15 is 0 Å². The summed E-state index contributed by atoms with van der Waals surface area (Å²) < 4.78 is 26.5. The Morgan fingerprint density at radius 3 is 2.19 bits per heavy atom. The van der Waals surface area contributed by atoms with Crippen LogP contribution in [0.2, 0.25) is 0 Å². The van der Waals surface area contributed by atoms with Crippen LogP contribution in [0.5, 0.6) is 5.75 Å². The molecule has 0 N–H and O–H groups in total. The number of hydrogen-bond donors (Lipinski definition) is 0. The molecule has 0 aliphatic carbocycles. The quantitative estimate of drug-likeness (QED) is 0.260. The summed E-state index contributed by atoms with van der Waals surface area (Å²) in [5, 5.41) is 0. The van der Waals surface area contributed by atoms with Gasteiger partial charge in [0.2, 0.25) is 0 Å². The van der Waals surface area contributed by atoms with Crippen LogP contribution in [0.15, 0.2) is 47.9 Å². The molecule has 0 unspecified atom stereocenters. The van der Waals surface area contributed by atoms with E-state index in [1.807, 2.05) is 53.0 Å². The average Bonchev–Trinajstić information content (AvgIpc) is 2.86. The van der Waals surface area contributed by atoms with Gasteiger partial charge in [0.1, 0.15) is 17.1 Å². The third kappa shape index (κ3) is 12.1. The number of rotatable bonds is 8. The second-order valence-corrected chi connectivity index (χ2v) is 8.25. The van der Waals surface area contributed by atoms with Gasteiger partial charge in [0.05, 0.1) is 19.3 Å². The minimum atomic E-state index is -0.676. The summed E-state index contributed by atoms with van der Waals surface area (Å²) in [4.78, 5) is 24.3. The van der Waals surface area contributed by atoms with Crippen molar-refractivity contribution in [3.63, 3.8) is 0 Å². The largest absolute Gasteiger partial charge is 0.493 e. The van der Waals surface area contributed by atoms with E-state index < -0.39 is 17.2 Å². The Hall–Kier alpha value is -3.15. The zero-order valence-electron chi connectivity index (χ0n) is 24.8. The van der Waals surface area contributed by atoms with E-state index in [-0.39, 0.29) is 11.1 Å². The first kappa shape index (κ1) is 36.0. The Labute approximate surface area is 224 Å². The van der Waals surface area contributed by atoms with E-state index in [0.717, 1.165) is 12.3 Å². The van der Waals surface area contributed by atoms with Crippen molar-refractivity contribution in [2.45, 2.75) is 82.2 Å². The van der Waals surface area contributed by atoms with Gasteiger partial charge in [0, 0.05) is 24.5 Å². The van der Waals surface area contributed by atoms with Crippen LogP contribution in [-0.4, -0.2) is 24.3 Å². The average molecular weight is 518 g/mol. The molecule has 0 saturated carbocycles. The number of hydrogen-bond acceptors (Lipinski definition) is 4. The Bertz CT molecular complexity index is 1050. The van der Waals surface area contributed by atoms with Crippen LogP contribution in [-0.2, 0) is 11.3 Å². The molecular formula is C31H48FNO4. The number of esters is 1. The molecule has 37 heavy (non-hydrogen) atoms. The molecule has 1 aromatic carbocycles. The maximum atomic E-state index is 14.4. The van der Waals surface area contributed by atoms with Gasteiger partial charge in [-0.05, 0) is 55.5 Å². The second-order valence-electron chi connectivity index (χ2n) is 8.25. The lowest BCUT2D eigenvalue weighted by molar-refractivity contribution is 0.0598. The standard InChI is InChI=1S/C23H26FNO4.C4H10.2C2H6/c1-6-11-25-14-17(23(27)28-5)20(26)13-19(25)15(3)12-16(4)22-18(24)9-8-10-21(22)29-7-2;1-4(2)3;2*1-2/h8-10,12-14H,4,6-7,11H2,1-3,5H3;4H,1-3H3;2*1-2H3/b15-12+;;;. The highest BCUT2D eigenvalue weighted by atomic mass is 19.1. The first-order chi connectivity index (χ1) is 17.6. The molecule has 0 aliphatic heterocycles. The topological polar surface area (TPSA) is 57.5 Å². The van der Waals surface area contributed by atoms with Gasteiger partial charge in [-0.1, -0.05) is 68.0 Å². The van der Waals surface area contributed by atoms with E-state index in [4.69, 9.17) is 4.74 Å². The molecule has 5 nitrogen and oxygen atoms in total. The van der Waals surface area contributed by atoms with Gasteiger partial charge >= 0.3 is 5.97 Å².